The van der Waals surface area contributed by atoms with E-state index >= 15 is 0 Å². The van der Waals surface area contributed by atoms with E-state index in [-0.39, 0.29) is 0 Å². The molecular weight excluding hydrogens is 248 g/mol. The first-order chi connectivity index (χ1) is 8.60. The summed E-state index contributed by atoms with van der Waals surface area (Å²) in [5.74, 6) is 0. The number of nitrogens with zero attached hydrogens (tertiary/aromatic N) is 1. The molecule has 1 fully saturated rings. The Balaban J connectivity index is 2.08. The van der Waals surface area contributed by atoms with Gasteiger partial charge < -0.3 is 10.5 Å². The summed E-state index contributed by atoms with van der Waals surface area (Å²) in [6, 6.07) is 6.39. The molecule has 1 saturated heterocycles. The molecule has 2 N–H and O–H groups in total. The zero-order valence-electron chi connectivity index (χ0n) is 11.0. The fourth-order valence-corrected chi connectivity index (χ4v) is 2.59. The Morgan fingerprint density at radius 2 is 2.28 bits per heavy atom. The number of hydrogen-bond acceptors (Lipinski definition) is 3. The van der Waals surface area contributed by atoms with Gasteiger partial charge in [0, 0.05) is 19.1 Å². The standard InChI is InChI=1S/C14H21ClN2O/c1-3-12-9-18-10(2)7-17(12)8-11-4-5-14(16)13(15)6-11/h4-6,10,12H,3,7-9,16H2,1-2H3. The van der Waals surface area contributed by atoms with Crippen LogP contribution in [0, 0.1) is 0 Å². The van der Waals surface area contributed by atoms with Gasteiger partial charge in [0.15, 0.2) is 0 Å². The van der Waals surface area contributed by atoms with Crippen LogP contribution in [0.2, 0.25) is 5.02 Å². The molecule has 2 rings (SSSR count). The van der Waals surface area contributed by atoms with Crippen molar-refractivity contribution >= 4 is 17.3 Å². The van der Waals surface area contributed by atoms with Crippen LogP contribution in [0.1, 0.15) is 25.8 Å². The zero-order valence-corrected chi connectivity index (χ0v) is 11.8. The smallest absolute Gasteiger partial charge is 0.0674 e. The molecule has 0 aromatic heterocycles. The molecular formula is C14H21ClN2O. The van der Waals surface area contributed by atoms with Gasteiger partial charge in [-0.25, -0.2) is 0 Å². The highest BCUT2D eigenvalue weighted by Crippen LogP contribution is 2.23. The van der Waals surface area contributed by atoms with Crippen LogP contribution in [0.3, 0.4) is 0 Å². The van der Waals surface area contributed by atoms with Crippen LogP contribution >= 0.6 is 11.6 Å². The number of ether oxygens (including phenoxy) is 1. The minimum absolute atomic E-state index is 0.303. The predicted molar refractivity (Wildman–Crippen MR) is 75.8 cm³/mol. The van der Waals surface area contributed by atoms with E-state index in [1.807, 2.05) is 18.2 Å². The average molecular weight is 269 g/mol. The lowest BCUT2D eigenvalue weighted by molar-refractivity contribution is -0.0591. The molecule has 0 bridgehead atoms. The maximum Gasteiger partial charge on any atom is 0.0674 e. The molecule has 0 aliphatic carbocycles. The van der Waals surface area contributed by atoms with Gasteiger partial charge in [-0.1, -0.05) is 24.6 Å². The molecule has 3 nitrogen and oxygen atoms in total. The van der Waals surface area contributed by atoms with E-state index in [9.17, 15) is 0 Å². The molecule has 1 aliphatic heterocycles. The highest BCUT2D eigenvalue weighted by Gasteiger charge is 2.25. The van der Waals surface area contributed by atoms with Crippen molar-refractivity contribution in [2.24, 2.45) is 0 Å². The third-order valence-corrected chi connectivity index (χ3v) is 3.83. The lowest BCUT2D eigenvalue weighted by Gasteiger charge is -2.38. The van der Waals surface area contributed by atoms with E-state index in [0.717, 1.165) is 26.1 Å². The first-order valence-electron chi connectivity index (χ1n) is 6.49. The minimum Gasteiger partial charge on any atom is -0.398 e. The van der Waals surface area contributed by atoms with Gasteiger partial charge in [0.25, 0.3) is 0 Å². The zero-order chi connectivity index (χ0) is 13.1. The maximum atomic E-state index is 6.06. The minimum atomic E-state index is 0.303. The topological polar surface area (TPSA) is 38.5 Å². The summed E-state index contributed by atoms with van der Waals surface area (Å²) in [5, 5.41) is 0.641. The molecule has 1 aromatic rings. The third kappa shape index (κ3) is 3.16. The summed E-state index contributed by atoms with van der Waals surface area (Å²) in [6.07, 6.45) is 1.41. The monoisotopic (exact) mass is 268 g/mol. The van der Waals surface area contributed by atoms with Gasteiger partial charge in [-0.05, 0) is 31.0 Å². The number of hydrogen-bond donors (Lipinski definition) is 1. The van der Waals surface area contributed by atoms with Gasteiger partial charge in [0.1, 0.15) is 0 Å². The van der Waals surface area contributed by atoms with Gasteiger partial charge >= 0.3 is 0 Å². The second kappa shape index (κ2) is 5.91. The summed E-state index contributed by atoms with van der Waals surface area (Å²) in [6.45, 7) is 7.02. The normalized spacial score (nSPS) is 25.3. The van der Waals surface area contributed by atoms with Crippen LogP contribution in [0.25, 0.3) is 0 Å². The lowest BCUT2D eigenvalue weighted by Crippen LogP contribution is -2.47. The quantitative estimate of drug-likeness (QED) is 0.857. The Morgan fingerprint density at radius 1 is 1.50 bits per heavy atom. The van der Waals surface area contributed by atoms with Crippen molar-refractivity contribution in [1.29, 1.82) is 0 Å². The van der Waals surface area contributed by atoms with Gasteiger partial charge in [0.05, 0.1) is 23.4 Å². The fraction of sp³-hybridized carbons (Fsp3) is 0.571. The molecule has 2 atom stereocenters. The Bertz CT molecular complexity index is 411. The van der Waals surface area contributed by atoms with Gasteiger partial charge in [-0.15, -0.1) is 0 Å². The molecule has 1 aliphatic rings. The molecule has 0 saturated carbocycles. The highest BCUT2D eigenvalue weighted by molar-refractivity contribution is 6.33. The number of morpholine rings is 1. The van der Waals surface area contributed by atoms with Crippen molar-refractivity contribution in [3.63, 3.8) is 0 Å². The van der Waals surface area contributed by atoms with E-state index in [0.29, 0.717) is 22.9 Å². The van der Waals surface area contributed by atoms with Crippen LogP contribution in [0.4, 0.5) is 5.69 Å². The molecule has 1 heterocycles. The van der Waals surface area contributed by atoms with Gasteiger partial charge in [0.2, 0.25) is 0 Å². The number of benzene rings is 1. The molecule has 100 valence electrons. The fourth-order valence-electron chi connectivity index (χ4n) is 2.39. The molecule has 4 heteroatoms. The summed E-state index contributed by atoms with van der Waals surface area (Å²) >= 11 is 6.06. The molecule has 2 unspecified atom stereocenters. The molecule has 0 spiro atoms. The summed E-state index contributed by atoms with van der Waals surface area (Å²) in [5.41, 5.74) is 7.58. The summed E-state index contributed by atoms with van der Waals surface area (Å²) in [7, 11) is 0. The molecule has 18 heavy (non-hydrogen) atoms. The Labute approximate surface area is 114 Å². The predicted octanol–water partition coefficient (Wildman–Crippen LogP) is 2.92. The third-order valence-electron chi connectivity index (χ3n) is 3.50. The van der Waals surface area contributed by atoms with Crippen LogP contribution in [0.5, 0.6) is 0 Å². The maximum absolute atomic E-state index is 6.06. The first-order valence-corrected chi connectivity index (χ1v) is 6.87. The summed E-state index contributed by atoms with van der Waals surface area (Å²) < 4.78 is 5.70. The van der Waals surface area contributed by atoms with Crippen LogP contribution in [-0.4, -0.2) is 30.2 Å². The SMILES string of the molecule is CCC1COC(C)CN1Cc1ccc(N)c(Cl)c1. The molecule has 0 amide bonds. The van der Waals surface area contributed by atoms with Crippen molar-refractivity contribution < 1.29 is 4.74 Å². The lowest BCUT2D eigenvalue weighted by atomic mass is 10.1. The second-order valence-corrected chi connectivity index (χ2v) is 5.40. The van der Waals surface area contributed by atoms with Crippen molar-refractivity contribution in [3.05, 3.63) is 28.8 Å². The second-order valence-electron chi connectivity index (χ2n) is 4.99. The number of rotatable bonds is 3. The number of halogens is 1. The van der Waals surface area contributed by atoms with Gasteiger partial charge in [-0.2, -0.15) is 0 Å². The first kappa shape index (κ1) is 13.7. The van der Waals surface area contributed by atoms with E-state index in [4.69, 9.17) is 22.1 Å². The molecule has 0 radical (unpaired) electrons. The van der Waals surface area contributed by atoms with E-state index < -0.39 is 0 Å². The number of nitrogen functional groups attached to an aromatic ring is 1. The van der Waals surface area contributed by atoms with Crippen molar-refractivity contribution in [3.8, 4) is 0 Å². The Morgan fingerprint density at radius 3 is 2.94 bits per heavy atom. The van der Waals surface area contributed by atoms with E-state index in [1.54, 1.807) is 0 Å². The largest absolute Gasteiger partial charge is 0.398 e. The number of anilines is 1. The Kier molecular flexibility index (Phi) is 4.49. The number of nitrogens with two attached hydrogens (primary N) is 1. The average Bonchev–Trinajstić information content (AvgIpc) is 2.34. The van der Waals surface area contributed by atoms with E-state index in [1.165, 1.54) is 5.56 Å². The highest BCUT2D eigenvalue weighted by atomic mass is 35.5. The van der Waals surface area contributed by atoms with Gasteiger partial charge in [-0.3, -0.25) is 4.90 Å². The van der Waals surface area contributed by atoms with Crippen LogP contribution in [-0.2, 0) is 11.3 Å². The van der Waals surface area contributed by atoms with Crippen molar-refractivity contribution in [1.82, 2.24) is 4.90 Å². The Hall–Kier alpha value is -0.770. The summed E-state index contributed by atoms with van der Waals surface area (Å²) in [4.78, 5) is 2.47. The van der Waals surface area contributed by atoms with Crippen molar-refractivity contribution in [2.45, 2.75) is 39.0 Å². The van der Waals surface area contributed by atoms with Crippen molar-refractivity contribution in [2.75, 3.05) is 18.9 Å². The van der Waals surface area contributed by atoms with Crippen LogP contribution < -0.4 is 5.73 Å². The molecule has 1 aromatic carbocycles. The van der Waals surface area contributed by atoms with Crippen LogP contribution in [0.15, 0.2) is 18.2 Å². The van der Waals surface area contributed by atoms with E-state index in [2.05, 4.69) is 18.7 Å².